The van der Waals surface area contributed by atoms with Gasteiger partial charge in [-0.1, -0.05) is 13.0 Å². The highest BCUT2D eigenvalue weighted by molar-refractivity contribution is 8.03. The normalized spacial score (nSPS) is 11.9. The van der Waals surface area contributed by atoms with Gasteiger partial charge in [0.2, 0.25) is 0 Å². The number of aryl methyl sites for hydroxylation is 1. The number of ether oxygens (including phenoxy) is 1. The van der Waals surface area contributed by atoms with E-state index < -0.39 is 0 Å². The van der Waals surface area contributed by atoms with E-state index >= 15 is 0 Å². The van der Waals surface area contributed by atoms with Gasteiger partial charge in [0.25, 0.3) is 0 Å². The number of nitrogens with zero attached hydrogens (tertiary/aromatic N) is 1. The van der Waals surface area contributed by atoms with Crippen molar-refractivity contribution in [2.75, 3.05) is 12.9 Å². The van der Waals surface area contributed by atoms with Gasteiger partial charge in [-0.2, -0.15) is 5.26 Å². The minimum absolute atomic E-state index is 0.525. The topological polar surface area (TPSA) is 33.0 Å². The summed E-state index contributed by atoms with van der Waals surface area (Å²) in [4.78, 5) is 0. The molecular formula is C13H17NOS. The van der Waals surface area contributed by atoms with Gasteiger partial charge >= 0.3 is 0 Å². The fourth-order valence-corrected chi connectivity index (χ4v) is 2.12. The second-order valence-corrected chi connectivity index (χ2v) is 4.81. The average molecular weight is 235 g/mol. The van der Waals surface area contributed by atoms with Crippen molar-refractivity contribution in [3.05, 3.63) is 29.3 Å². The van der Waals surface area contributed by atoms with E-state index in [1.807, 2.05) is 6.07 Å². The van der Waals surface area contributed by atoms with Crippen molar-refractivity contribution in [1.29, 1.82) is 5.26 Å². The Labute approximate surface area is 102 Å². The van der Waals surface area contributed by atoms with Crippen LogP contribution in [0.5, 0.6) is 5.75 Å². The van der Waals surface area contributed by atoms with E-state index in [4.69, 9.17) is 10.00 Å². The highest BCUT2D eigenvalue weighted by Crippen LogP contribution is 2.20. The first-order valence-corrected chi connectivity index (χ1v) is 6.30. The second kappa shape index (κ2) is 6.44. The SMILES string of the molecule is COc1ccc(CC(C)CSC#N)c(C)c1. The minimum Gasteiger partial charge on any atom is -0.497 e. The molecule has 0 N–H and O–H groups in total. The molecule has 0 saturated heterocycles. The van der Waals surface area contributed by atoms with Crippen LogP contribution in [0.3, 0.4) is 0 Å². The van der Waals surface area contributed by atoms with Crippen molar-refractivity contribution >= 4 is 11.8 Å². The van der Waals surface area contributed by atoms with Crippen LogP contribution < -0.4 is 4.74 Å². The molecule has 0 aliphatic carbocycles. The van der Waals surface area contributed by atoms with Gasteiger partial charge in [0.15, 0.2) is 0 Å². The molecular weight excluding hydrogens is 218 g/mol. The lowest BCUT2D eigenvalue weighted by atomic mass is 9.98. The van der Waals surface area contributed by atoms with Gasteiger partial charge in [-0.25, -0.2) is 0 Å². The van der Waals surface area contributed by atoms with Crippen LogP contribution in [-0.4, -0.2) is 12.9 Å². The first-order chi connectivity index (χ1) is 7.67. The third kappa shape index (κ3) is 3.79. The largest absolute Gasteiger partial charge is 0.497 e. The van der Waals surface area contributed by atoms with Crippen LogP contribution in [0.4, 0.5) is 0 Å². The van der Waals surface area contributed by atoms with Crippen LogP contribution in [0.1, 0.15) is 18.1 Å². The van der Waals surface area contributed by atoms with Crippen molar-refractivity contribution in [2.45, 2.75) is 20.3 Å². The average Bonchev–Trinajstić information content (AvgIpc) is 2.29. The van der Waals surface area contributed by atoms with Gasteiger partial charge in [0, 0.05) is 5.75 Å². The quantitative estimate of drug-likeness (QED) is 0.733. The number of rotatable bonds is 5. The second-order valence-electron chi connectivity index (χ2n) is 4.00. The Morgan fingerprint density at radius 3 is 2.81 bits per heavy atom. The Kier molecular flexibility index (Phi) is 5.21. The zero-order chi connectivity index (χ0) is 12.0. The molecule has 1 unspecified atom stereocenters. The molecule has 0 bridgehead atoms. The Bertz CT molecular complexity index is 384. The van der Waals surface area contributed by atoms with Crippen LogP contribution in [0.15, 0.2) is 18.2 Å². The first kappa shape index (κ1) is 12.9. The fraction of sp³-hybridized carbons (Fsp3) is 0.462. The molecule has 2 nitrogen and oxygen atoms in total. The van der Waals surface area contributed by atoms with Crippen LogP contribution in [0.2, 0.25) is 0 Å². The van der Waals surface area contributed by atoms with E-state index in [9.17, 15) is 0 Å². The molecule has 0 saturated carbocycles. The Morgan fingerprint density at radius 2 is 2.25 bits per heavy atom. The van der Waals surface area contributed by atoms with Gasteiger partial charge in [0.1, 0.15) is 11.2 Å². The number of thioether (sulfide) groups is 1. The number of hydrogen-bond acceptors (Lipinski definition) is 3. The number of nitriles is 1. The summed E-state index contributed by atoms with van der Waals surface area (Å²) in [6.07, 6.45) is 1.02. The van der Waals surface area contributed by atoms with E-state index in [0.29, 0.717) is 5.92 Å². The smallest absolute Gasteiger partial charge is 0.133 e. The van der Waals surface area contributed by atoms with Crippen molar-refractivity contribution in [1.82, 2.24) is 0 Å². The molecule has 0 aromatic heterocycles. The minimum atomic E-state index is 0.525. The Hall–Kier alpha value is -1.14. The molecule has 16 heavy (non-hydrogen) atoms. The molecule has 0 spiro atoms. The molecule has 0 aliphatic heterocycles. The molecule has 0 amide bonds. The van der Waals surface area contributed by atoms with E-state index in [1.165, 1.54) is 22.9 Å². The molecule has 3 heteroatoms. The Balaban J connectivity index is 2.64. The molecule has 1 atom stereocenters. The van der Waals surface area contributed by atoms with Crippen LogP contribution in [0, 0.1) is 23.5 Å². The summed E-state index contributed by atoms with van der Waals surface area (Å²) in [5.74, 6) is 2.32. The summed E-state index contributed by atoms with van der Waals surface area (Å²) in [5.41, 5.74) is 2.60. The van der Waals surface area contributed by atoms with E-state index in [2.05, 4.69) is 31.4 Å². The van der Waals surface area contributed by atoms with Crippen LogP contribution >= 0.6 is 11.8 Å². The maximum atomic E-state index is 8.50. The highest BCUT2D eigenvalue weighted by atomic mass is 32.2. The third-order valence-corrected chi connectivity index (χ3v) is 3.42. The summed E-state index contributed by atoms with van der Waals surface area (Å²) in [6, 6.07) is 6.16. The first-order valence-electron chi connectivity index (χ1n) is 5.31. The third-order valence-electron chi connectivity index (χ3n) is 2.55. The standard InChI is InChI=1S/C13H17NOS/c1-10(8-16-9-14)6-12-4-5-13(15-3)7-11(12)2/h4-5,7,10H,6,8H2,1-3H3. The van der Waals surface area contributed by atoms with Crippen LogP contribution in [-0.2, 0) is 6.42 Å². The van der Waals surface area contributed by atoms with Gasteiger partial charge < -0.3 is 4.74 Å². The summed E-state index contributed by atoms with van der Waals surface area (Å²) < 4.78 is 5.17. The molecule has 0 aliphatic rings. The molecule has 1 aromatic carbocycles. The summed E-state index contributed by atoms with van der Waals surface area (Å²) >= 11 is 1.33. The maximum absolute atomic E-state index is 8.50. The Morgan fingerprint density at radius 1 is 1.50 bits per heavy atom. The van der Waals surface area contributed by atoms with Gasteiger partial charge in [-0.05, 0) is 54.3 Å². The monoisotopic (exact) mass is 235 g/mol. The highest BCUT2D eigenvalue weighted by Gasteiger charge is 2.07. The van der Waals surface area contributed by atoms with Crippen molar-refractivity contribution in [2.24, 2.45) is 5.92 Å². The van der Waals surface area contributed by atoms with Gasteiger partial charge in [-0.15, -0.1) is 0 Å². The molecule has 1 rings (SSSR count). The lowest BCUT2D eigenvalue weighted by molar-refractivity contribution is 0.414. The molecule has 0 fully saturated rings. The summed E-state index contributed by atoms with van der Waals surface area (Å²) in [6.45, 7) is 4.27. The van der Waals surface area contributed by atoms with E-state index in [-0.39, 0.29) is 0 Å². The lowest BCUT2D eigenvalue weighted by Crippen LogP contribution is -2.04. The zero-order valence-electron chi connectivity index (χ0n) is 9.99. The molecule has 0 radical (unpaired) electrons. The van der Waals surface area contributed by atoms with Gasteiger partial charge in [-0.3, -0.25) is 0 Å². The maximum Gasteiger partial charge on any atom is 0.133 e. The summed E-state index contributed by atoms with van der Waals surface area (Å²) in [5, 5.41) is 10.6. The zero-order valence-corrected chi connectivity index (χ0v) is 10.8. The van der Waals surface area contributed by atoms with Crippen LogP contribution in [0.25, 0.3) is 0 Å². The van der Waals surface area contributed by atoms with Crippen molar-refractivity contribution < 1.29 is 4.74 Å². The predicted molar refractivity (Wildman–Crippen MR) is 68.7 cm³/mol. The fourth-order valence-electron chi connectivity index (χ4n) is 1.64. The molecule has 1 aromatic rings. The number of hydrogen-bond donors (Lipinski definition) is 0. The molecule has 86 valence electrons. The van der Waals surface area contributed by atoms with E-state index in [1.54, 1.807) is 7.11 Å². The predicted octanol–water partition coefficient (Wildman–Crippen LogP) is 3.40. The van der Waals surface area contributed by atoms with E-state index in [0.717, 1.165) is 17.9 Å². The molecule has 0 heterocycles. The number of thiocyanates is 1. The number of methoxy groups -OCH3 is 1. The van der Waals surface area contributed by atoms with Gasteiger partial charge in [0.05, 0.1) is 7.11 Å². The number of benzene rings is 1. The van der Waals surface area contributed by atoms with Crippen molar-refractivity contribution in [3.63, 3.8) is 0 Å². The van der Waals surface area contributed by atoms with Crippen molar-refractivity contribution in [3.8, 4) is 11.2 Å². The summed E-state index contributed by atoms with van der Waals surface area (Å²) in [7, 11) is 1.68. The lowest BCUT2D eigenvalue weighted by Gasteiger charge is -2.12.